The number of nitrogens with one attached hydrogen (secondary N) is 1. The Morgan fingerprint density at radius 1 is 1.22 bits per heavy atom. The molecule has 0 spiro atoms. The molecule has 1 aliphatic carbocycles. The molecule has 27 heavy (non-hydrogen) atoms. The Hall–Kier alpha value is -2.47. The van der Waals surface area contributed by atoms with Crippen molar-refractivity contribution in [2.75, 3.05) is 0 Å². The van der Waals surface area contributed by atoms with Gasteiger partial charge in [0, 0.05) is 6.04 Å². The molecule has 1 amide bonds. The van der Waals surface area contributed by atoms with E-state index in [2.05, 4.69) is 10.3 Å². The van der Waals surface area contributed by atoms with E-state index in [1.807, 2.05) is 37.3 Å². The number of amides is 1. The van der Waals surface area contributed by atoms with E-state index in [4.69, 9.17) is 0 Å². The van der Waals surface area contributed by atoms with Crippen molar-refractivity contribution in [2.45, 2.75) is 51.6 Å². The molecule has 1 aliphatic rings. The molecule has 1 aromatic carbocycles. The molecule has 0 atom stereocenters. The van der Waals surface area contributed by atoms with Crippen LogP contribution >= 0.6 is 11.3 Å². The van der Waals surface area contributed by atoms with E-state index in [-0.39, 0.29) is 17.5 Å². The molecular weight excluding hydrogens is 358 g/mol. The van der Waals surface area contributed by atoms with Crippen molar-refractivity contribution >= 4 is 27.5 Å². The van der Waals surface area contributed by atoms with Gasteiger partial charge in [-0.2, -0.15) is 0 Å². The second kappa shape index (κ2) is 7.64. The normalized spacial score (nSPS) is 15.1. The molecule has 0 radical (unpaired) electrons. The number of carbonyl (C=O) groups excluding carboxylic acids is 1. The number of carbonyl (C=O) groups is 1. The molecule has 2 heterocycles. The number of nitrogens with zero attached hydrogens (tertiary/aromatic N) is 2. The predicted molar refractivity (Wildman–Crippen MR) is 109 cm³/mol. The van der Waals surface area contributed by atoms with Crippen LogP contribution in [0.1, 0.15) is 52.9 Å². The van der Waals surface area contributed by atoms with E-state index >= 15 is 0 Å². The fraction of sp³-hybridized carbons (Fsp3) is 0.381. The topological polar surface area (TPSA) is 64.0 Å². The Labute approximate surface area is 162 Å². The molecule has 2 aromatic heterocycles. The van der Waals surface area contributed by atoms with Crippen LogP contribution in [0.25, 0.3) is 10.2 Å². The zero-order chi connectivity index (χ0) is 18.8. The molecule has 0 saturated heterocycles. The second-order valence-electron chi connectivity index (χ2n) is 7.21. The van der Waals surface area contributed by atoms with Crippen LogP contribution in [-0.4, -0.2) is 21.5 Å². The zero-order valence-electron chi connectivity index (χ0n) is 15.4. The van der Waals surface area contributed by atoms with E-state index in [0.29, 0.717) is 21.6 Å². The van der Waals surface area contributed by atoms with Crippen LogP contribution in [0.4, 0.5) is 0 Å². The largest absolute Gasteiger partial charge is 0.349 e. The van der Waals surface area contributed by atoms with Gasteiger partial charge in [-0.3, -0.25) is 14.2 Å². The lowest BCUT2D eigenvalue weighted by atomic mass is 9.95. The summed E-state index contributed by atoms with van der Waals surface area (Å²) >= 11 is 1.31. The highest BCUT2D eigenvalue weighted by atomic mass is 32.1. The first-order chi connectivity index (χ1) is 13.1. The number of benzene rings is 1. The van der Waals surface area contributed by atoms with Crippen LogP contribution in [0.5, 0.6) is 0 Å². The van der Waals surface area contributed by atoms with Gasteiger partial charge in [0.2, 0.25) is 0 Å². The monoisotopic (exact) mass is 381 g/mol. The van der Waals surface area contributed by atoms with Crippen molar-refractivity contribution in [2.24, 2.45) is 0 Å². The maximum Gasteiger partial charge on any atom is 0.262 e. The number of thiophene rings is 1. The first-order valence-corrected chi connectivity index (χ1v) is 10.3. The number of fused-ring (bicyclic) bond motifs is 1. The van der Waals surface area contributed by atoms with Gasteiger partial charge in [-0.1, -0.05) is 49.6 Å². The lowest BCUT2D eigenvalue weighted by Gasteiger charge is -2.22. The highest BCUT2D eigenvalue weighted by molar-refractivity contribution is 7.20. The highest BCUT2D eigenvalue weighted by Gasteiger charge is 2.22. The average molecular weight is 382 g/mol. The van der Waals surface area contributed by atoms with Crippen molar-refractivity contribution in [3.8, 4) is 0 Å². The van der Waals surface area contributed by atoms with Crippen LogP contribution in [0.3, 0.4) is 0 Å². The Kier molecular flexibility index (Phi) is 5.07. The molecule has 0 unspecified atom stereocenters. The summed E-state index contributed by atoms with van der Waals surface area (Å²) in [5.41, 5.74) is 1.70. The van der Waals surface area contributed by atoms with Gasteiger partial charge in [0.05, 0.1) is 23.1 Å². The van der Waals surface area contributed by atoms with Crippen molar-refractivity contribution in [1.29, 1.82) is 0 Å². The maximum atomic E-state index is 13.0. The molecule has 1 saturated carbocycles. The highest BCUT2D eigenvalue weighted by Crippen LogP contribution is 2.27. The number of rotatable bonds is 4. The number of aromatic nitrogens is 2. The Morgan fingerprint density at radius 3 is 2.70 bits per heavy atom. The van der Waals surface area contributed by atoms with Crippen molar-refractivity contribution in [3.05, 3.63) is 63.0 Å². The van der Waals surface area contributed by atoms with Crippen LogP contribution in [-0.2, 0) is 6.54 Å². The fourth-order valence-corrected chi connectivity index (χ4v) is 4.81. The Bertz CT molecular complexity index is 1020. The van der Waals surface area contributed by atoms with Crippen LogP contribution < -0.4 is 10.9 Å². The van der Waals surface area contributed by atoms with Crippen molar-refractivity contribution in [3.63, 3.8) is 0 Å². The third kappa shape index (κ3) is 3.67. The summed E-state index contributed by atoms with van der Waals surface area (Å²) < 4.78 is 1.61. The summed E-state index contributed by atoms with van der Waals surface area (Å²) in [7, 11) is 0. The first kappa shape index (κ1) is 17.9. The minimum atomic E-state index is -0.0886. The van der Waals surface area contributed by atoms with Gasteiger partial charge in [0.25, 0.3) is 11.5 Å². The molecular formula is C21H23N3O2S. The van der Waals surface area contributed by atoms with Crippen molar-refractivity contribution in [1.82, 2.24) is 14.9 Å². The van der Waals surface area contributed by atoms with Gasteiger partial charge < -0.3 is 5.32 Å². The number of aryl methyl sites for hydroxylation is 1. The van der Waals surface area contributed by atoms with E-state index in [1.165, 1.54) is 30.6 Å². The molecule has 1 fully saturated rings. The smallest absolute Gasteiger partial charge is 0.262 e. The Balaban J connectivity index is 1.64. The predicted octanol–water partition coefficient (Wildman–Crippen LogP) is 3.88. The van der Waals surface area contributed by atoms with E-state index in [9.17, 15) is 9.59 Å². The molecule has 1 N–H and O–H groups in total. The summed E-state index contributed by atoms with van der Waals surface area (Å²) in [5.74, 6) is -0.0728. The lowest BCUT2D eigenvalue weighted by Crippen LogP contribution is -2.36. The van der Waals surface area contributed by atoms with Crippen LogP contribution in [0.2, 0.25) is 0 Å². The minimum absolute atomic E-state index is 0.0728. The van der Waals surface area contributed by atoms with E-state index in [1.54, 1.807) is 10.9 Å². The van der Waals surface area contributed by atoms with Gasteiger partial charge >= 0.3 is 0 Å². The summed E-state index contributed by atoms with van der Waals surface area (Å²) in [5, 5.41) is 3.71. The number of hydrogen-bond acceptors (Lipinski definition) is 4. The van der Waals surface area contributed by atoms with E-state index in [0.717, 1.165) is 24.0 Å². The molecule has 4 rings (SSSR count). The van der Waals surface area contributed by atoms with Gasteiger partial charge in [0.15, 0.2) is 0 Å². The van der Waals surface area contributed by atoms with Gasteiger partial charge in [-0.25, -0.2) is 4.98 Å². The summed E-state index contributed by atoms with van der Waals surface area (Å²) in [6, 6.07) is 10.1. The lowest BCUT2D eigenvalue weighted by molar-refractivity contribution is 0.0931. The second-order valence-corrected chi connectivity index (χ2v) is 8.21. The summed E-state index contributed by atoms with van der Waals surface area (Å²) in [4.78, 5) is 31.4. The SMILES string of the molecule is Cc1c(C(=O)NC2CCCCC2)sc2ncn(Cc3ccccc3)c(=O)c12. The molecule has 0 aliphatic heterocycles. The quantitative estimate of drug-likeness (QED) is 0.746. The Morgan fingerprint density at radius 2 is 1.96 bits per heavy atom. The van der Waals surface area contributed by atoms with Crippen LogP contribution in [0.15, 0.2) is 41.5 Å². The average Bonchev–Trinajstić information content (AvgIpc) is 3.03. The minimum Gasteiger partial charge on any atom is -0.349 e. The third-order valence-electron chi connectivity index (χ3n) is 5.26. The standard InChI is InChI=1S/C21H23N3O2S/c1-14-17-20(27-18(14)19(25)23-16-10-6-3-7-11-16)22-13-24(21(17)26)12-15-8-4-2-5-9-15/h2,4-5,8-9,13,16H,3,6-7,10-12H2,1H3,(H,23,25). The molecule has 5 nitrogen and oxygen atoms in total. The zero-order valence-corrected chi connectivity index (χ0v) is 16.2. The fourth-order valence-electron chi connectivity index (χ4n) is 3.77. The molecule has 140 valence electrons. The summed E-state index contributed by atoms with van der Waals surface area (Å²) in [6.45, 7) is 2.33. The van der Waals surface area contributed by atoms with Gasteiger partial charge in [-0.05, 0) is 30.9 Å². The molecule has 3 aromatic rings. The molecule has 6 heteroatoms. The third-order valence-corrected chi connectivity index (χ3v) is 6.46. The molecule has 0 bridgehead atoms. The maximum absolute atomic E-state index is 13.0. The summed E-state index contributed by atoms with van der Waals surface area (Å²) in [6.07, 6.45) is 7.25. The van der Waals surface area contributed by atoms with E-state index < -0.39 is 0 Å². The first-order valence-electron chi connectivity index (χ1n) is 9.47. The van der Waals surface area contributed by atoms with Crippen LogP contribution in [0, 0.1) is 6.92 Å². The van der Waals surface area contributed by atoms with Gasteiger partial charge in [0.1, 0.15) is 4.83 Å². The number of hydrogen-bond donors (Lipinski definition) is 1. The van der Waals surface area contributed by atoms with Crippen molar-refractivity contribution < 1.29 is 4.79 Å². The van der Waals surface area contributed by atoms with Gasteiger partial charge in [-0.15, -0.1) is 11.3 Å².